The molecule has 0 radical (unpaired) electrons. The second kappa shape index (κ2) is 5.27. The van der Waals surface area contributed by atoms with E-state index in [2.05, 4.69) is 0 Å². The van der Waals surface area contributed by atoms with Crippen LogP contribution in [0.3, 0.4) is 0 Å². The first-order chi connectivity index (χ1) is 7.99. The Hall–Kier alpha value is -2.13. The number of alkyl halides is 1. The zero-order chi connectivity index (χ0) is 13.0. The Morgan fingerprint density at radius 3 is 2.53 bits per heavy atom. The molecule has 0 atom stereocenters. The summed E-state index contributed by atoms with van der Waals surface area (Å²) in [6, 6.07) is 4.29. The van der Waals surface area contributed by atoms with Gasteiger partial charge >= 0.3 is 5.97 Å². The Labute approximate surface area is 101 Å². The van der Waals surface area contributed by atoms with Crippen molar-refractivity contribution in [3.8, 4) is 6.07 Å². The summed E-state index contributed by atoms with van der Waals surface area (Å²) in [5.74, 6) is -1.36. The smallest absolute Gasteiger partial charge is 0.308 e. The lowest BCUT2D eigenvalue weighted by Crippen LogP contribution is -2.06. The maximum atomic E-state index is 10.9. The molecule has 0 bridgehead atoms. The van der Waals surface area contributed by atoms with Gasteiger partial charge in [-0.1, -0.05) is 0 Å². The van der Waals surface area contributed by atoms with Crippen molar-refractivity contribution in [3.63, 3.8) is 0 Å². The topological polar surface area (TPSA) is 104 Å². The van der Waals surface area contributed by atoms with Gasteiger partial charge in [-0.2, -0.15) is 5.26 Å². The Kier molecular flexibility index (Phi) is 4.01. The lowest BCUT2D eigenvalue weighted by molar-refractivity contribution is -0.386. The highest BCUT2D eigenvalue weighted by molar-refractivity contribution is 6.17. The molecule has 0 saturated carbocycles. The quantitative estimate of drug-likeness (QED) is 0.501. The van der Waals surface area contributed by atoms with E-state index in [1.54, 1.807) is 0 Å². The molecule has 7 heteroatoms. The van der Waals surface area contributed by atoms with Crippen LogP contribution in [0, 0.1) is 21.4 Å². The molecule has 0 aliphatic rings. The van der Waals surface area contributed by atoms with Gasteiger partial charge in [0.05, 0.1) is 28.9 Å². The zero-order valence-electron chi connectivity index (χ0n) is 8.51. The van der Waals surface area contributed by atoms with Crippen LogP contribution in [0.5, 0.6) is 0 Å². The van der Waals surface area contributed by atoms with E-state index < -0.39 is 17.3 Å². The molecular formula is C10H7ClN2O4. The van der Waals surface area contributed by atoms with Gasteiger partial charge in [0.1, 0.15) is 0 Å². The monoisotopic (exact) mass is 254 g/mol. The number of nitro groups is 1. The van der Waals surface area contributed by atoms with Crippen LogP contribution in [0.25, 0.3) is 0 Å². The van der Waals surface area contributed by atoms with Crippen LogP contribution < -0.4 is 0 Å². The molecule has 1 aromatic carbocycles. The molecular weight excluding hydrogens is 248 g/mol. The fraction of sp³-hybridized carbons (Fsp3) is 0.200. The first kappa shape index (κ1) is 12.9. The summed E-state index contributed by atoms with van der Waals surface area (Å²) in [5.41, 5.74) is -0.0481. The van der Waals surface area contributed by atoms with Crippen LogP contribution >= 0.6 is 11.6 Å². The third-order valence-electron chi connectivity index (χ3n) is 2.07. The van der Waals surface area contributed by atoms with Crippen LogP contribution in [0.1, 0.15) is 16.7 Å². The van der Waals surface area contributed by atoms with E-state index in [9.17, 15) is 14.9 Å². The van der Waals surface area contributed by atoms with Gasteiger partial charge < -0.3 is 5.11 Å². The molecule has 0 unspecified atom stereocenters. The first-order valence-corrected chi connectivity index (χ1v) is 5.01. The molecule has 17 heavy (non-hydrogen) atoms. The molecule has 1 aromatic rings. The number of nitro benzene ring substituents is 1. The normalized spacial score (nSPS) is 9.65. The summed E-state index contributed by atoms with van der Waals surface area (Å²) in [6.07, 6.45) is -0.518. The first-order valence-electron chi connectivity index (χ1n) is 4.47. The van der Waals surface area contributed by atoms with Crippen molar-refractivity contribution >= 4 is 23.3 Å². The van der Waals surface area contributed by atoms with Gasteiger partial charge in [-0.15, -0.1) is 11.6 Å². The average molecular weight is 255 g/mol. The van der Waals surface area contributed by atoms with Crippen LogP contribution in [-0.2, 0) is 17.1 Å². The van der Waals surface area contributed by atoms with Crippen LogP contribution in [0.2, 0.25) is 0 Å². The predicted molar refractivity (Wildman–Crippen MR) is 58.7 cm³/mol. The number of hydrogen-bond acceptors (Lipinski definition) is 4. The van der Waals surface area contributed by atoms with Gasteiger partial charge in [-0.05, 0) is 12.1 Å². The Balaban J connectivity index is 3.47. The Morgan fingerprint density at radius 1 is 1.53 bits per heavy atom. The van der Waals surface area contributed by atoms with Crippen molar-refractivity contribution in [1.82, 2.24) is 0 Å². The number of nitriles is 1. The van der Waals surface area contributed by atoms with Crippen LogP contribution in [0.15, 0.2) is 12.1 Å². The van der Waals surface area contributed by atoms with E-state index in [1.165, 1.54) is 12.1 Å². The maximum absolute atomic E-state index is 10.9. The molecule has 88 valence electrons. The van der Waals surface area contributed by atoms with Crippen molar-refractivity contribution in [3.05, 3.63) is 38.9 Å². The third kappa shape index (κ3) is 2.92. The number of hydrogen-bond donors (Lipinski definition) is 1. The predicted octanol–water partition coefficient (Wildman–Crippen LogP) is 1.83. The third-order valence-corrected chi connectivity index (χ3v) is 2.35. The average Bonchev–Trinajstić information content (AvgIpc) is 2.26. The second-order valence-corrected chi connectivity index (χ2v) is 3.48. The molecule has 0 fully saturated rings. The van der Waals surface area contributed by atoms with E-state index in [1.807, 2.05) is 6.07 Å². The van der Waals surface area contributed by atoms with Crippen molar-refractivity contribution < 1.29 is 14.8 Å². The van der Waals surface area contributed by atoms with Crippen LogP contribution in [-0.4, -0.2) is 16.0 Å². The summed E-state index contributed by atoms with van der Waals surface area (Å²) in [5, 5.41) is 28.3. The summed E-state index contributed by atoms with van der Waals surface area (Å²) in [7, 11) is 0. The lowest BCUT2D eigenvalue weighted by Gasteiger charge is -2.05. The highest BCUT2D eigenvalue weighted by Gasteiger charge is 2.22. The van der Waals surface area contributed by atoms with Crippen molar-refractivity contribution in [2.45, 2.75) is 12.3 Å². The van der Waals surface area contributed by atoms with E-state index in [4.69, 9.17) is 22.0 Å². The number of carboxylic acid groups (broad SMARTS) is 1. The summed E-state index contributed by atoms with van der Waals surface area (Å²) in [6.45, 7) is 0. The number of nitrogens with zero attached hydrogens (tertiary/aromatic N) is 2. The van der Waals surface area contributed by atoms with Gasteiger partial charge in [0.15, 0.2) is 0 Å². The van der Waals surface area contributed by atoms with E-state index in [0.29, 0.717) is 0 Å². The van der Waals surface area contributed by atoms with E-state index in [-0.39, 0.29) is 28.3 Å². The standard InChI is InChI=1S/C10H7ClN2O4/c11-4-8-2-6(5-12)1-7(3-9(14)15)10(8)13(16)17/h1-2H,3-4H2,(H,14,15). The number of halogens is 1. The van der Waals surface area contributed by atoms with E-state index >= 15 is 0 Å². The largest absolute Gasteiger partial charge is 0.481 e. The van der Waals surface area contributed by atoms with Crippen LogP contribution in [0.4, 0.5) is 5.69 Å². The van der Waals surface area contributed by atoms with Gasteiger partial charge in [0.2, 0.25) is 0 Å². The molecule has 0 spiro atoms. The summed E-state index contributed by atoms with van der Waals surface area (Å²) < 4.78 is 0. The highest BCUT2D eigenvalue weighted by atomic mass is 35.5. The number of carbonyl (C=O) groups is 1. The molecule has 1 rings (SSSR count). The fourth-order valence-electron chi connectivity index (χ4n) is 1.46. The highest BCUT2D eigenvalue weighted by Crippen LogP contribution is 2.27. The molecule has 0 aliphatic heterocycles. The van der Waals surface area contributed by atoms with Gasteiger partial charge in [-0.3, -0.25) is 14.9 Å². The molecule has 0 saturated heterocycles. The molecule has 0 heterocycles. The minimum Gasteiger partial charge on any atom is -0.481 e. The Morgan fingerprint density at radius 2 is 2.12 bits per heavy atom. The molecule has 6 nitrogen and oxygen atoms in total. The zero-order valence-corrected chi connectivity index (χ0v) is 9.27. The maximum Gasteiger partial charge on any atom is 0.308 e. The second-order valence-electron chi connectivity index (χ2n) is 3.22. The fourth-order valence-corrected chi connectivity index (χ4v) is 1.66. The van der Waals surface area contributed by atoms with Gasteiger partial charge in [0, 0.05) is 11.1 Å². The minimum atomic E-state index is -1.20. The lowest BCUT2D eigenvalue weighted by atomic mass is 10.0. The minimum absolute atomic E-state index is 0.0165. The van der Waals surface area contributed by atoms with Crippen molar-refractivity contribution in [1.29, 1.82) is 5.26 Å². The van der Waals surface area contributed by atoms with Crippen molar-refractivity contribution in [2.75, 3.05) is 0 Å². The molecule has 1 N–H and O–H groups in total. The molecule has 0 amide bonds. The Bertz CT molecular complexity index is 522. The van der Waals surface area contributed by atoms with E-state index in [0.717, 1.165) is 0 Å². The number of benzene rings is 1. The molecule has 0 aromatic heterocycles. The SMILES string of the molecule is N#Cc1cc(CCl)c([N+](=O)[O-])c(CC(=O)O)c1. The summed E-state index contributed by atoms with van der Waals surface area (Å²) in [4.78, 5) is 20.8. The molecule has 0 aliphatic carbocycles. The number of aliphatic carboxylic acids is 1. The van der Waals surface area contributed by atoms with Gasteiger partial charge in [-0.25, -0.2) is 0 Å². The van der Waals surface area contributed by atoms with Gasteiger partial charge in [0.25, 0.3) is 5.69 Å². The summed E-state index contributed by atoms with van der Waals surface area (Å²) >= 11 is 5.55. The van der Waals surface area contributed by atoms with Crippen molar-refractivity contribution in [2.24, 2.45) is 0 Å². The number of carboxylic acids is 1. The number of rotatable bonds is 4.